The van der Waals surface area contributed by atoms with Crippen LogP contribution in [0.4, 0.5) is 5.69 Å². The lowest BCUT2D eigenvalue weighted by Gasteiger charge is -2.24. The molecule has 0 saturated heterocycles. The molecule has 1 heterocycles. The molecule has 0 atom stereocenters. The maximum Gasteiger partial charge on any atom is 0.199 e. The topological polar surface area (TPSA) is 51.6 Å². The van der Waals surface area contributed by atoms with Crippen molar-refractivity contribution in [1.29, 1.82) is 0 Å². The van der Waals surface area contributed by atoms with Crippen LogP contribution in [0.5, 0.6) is 5.88 Å². The average molecular weight is 446 g/mol. The van der Waals surface area contributed by atoms with Crippen molar-refractivity contribution in [1.82, 2.24) is 9.88 Å². The normalized spacial score (nSPS) is 12.2. The summed E-state index contributed by atoms with van der Waals surface area (Å²) in [5.41, 5.74) is 5.18. The quantitative estimate of drug-likeness (QED) is 0.303. The molecule has 4 aromatic rings. The third-order valence-electron chi connectivity index (χ3n) is 5.72. The Kier molecular flexibility index (Phi) is 6.63. The number of aromatic amines is 1. The fourth-order valence-corrected chi connectivity index (χ4v) is 4.13. The molecular weight excluding hydrogens is 418 g/mol. The molecule has 2 N–H and O–H groups in total. The predicted molar refractivity (Wildman–Crippen MR) is 134 cm³/mol. The number of benzene rings is 3. The minimum Gasteiger partial charge on any atom is -0.494 e. The summed E-state index contributed by atoms with van der Waals surface area (Å²) in [6.07, 6.45) is 0. The van der Waals surface area contributed by atoms with Gasteiger partial charge in [0.1, 0.15) is 0 Å². The number of nitrogens with one attached hydrogen (secondary N) is 1. The monoisotopic (exact) mass is 445 g/mol. The highest BCUT2D eigenvalue weighted by Crippen LogP contribution is 2.33. The first kappa shape index (κ1) is 22.1. The Morgan fingerprint density at radius 3 is 2.41 bits per heavy atom. The molecule has 164 valence electrons. The average Bonchev–Trinajstić information content (AvgIpc) is 3.11. The zero-order valence-corrected chi connectivity index (χ0v) is 19.4. The lowest BCUT2D eigenvalue weighted by molar-refractivity contribution is 0.225. The van der Waals surface area contributed by atoms with Gasteiger partial charge in [-0.15, -0.1) is 0 Å². The van der Waals surface area contributed by atoms with Gasteiger partial charge in [-0.25, -0.2) is 4.99 Å². The van der Waals surface area contributed by atoms with Gasteiger partial charge in [0, 0.05) is 28.6 Å². The van der Waals surface area contributed by atoms with Crippen LogP contribution in [0.25, 0.3) is 10.9 Å². The second kappa shape index (κ2) is 9.60. The van der Waals surface area contributed by atoms with E-state index in [1.54, 1.807) is 0 Å². The molecular formula is C27H28ClN3O. The van der Waals surface area contributed by atoms with Crippen molar-refractivity contribution in [2.75, 3.05) is 6.54 Å². The maximum atomic E-state index is 10.8. The molecule has 0 aliphatic rings. The number of hydrogen-bond donors (Lipinski definition) is 2. The molecule has 0 bridgehead atoms. The van der Waals surface area contributed by atoms with Gasteiger partial charge in [0.15, 0.2) is 5.88 Å². The third kappa shape index (κ3) is 4.72. The van der Waals surface area contributed by atoms with Gasteiger partial charge in [-0.2, -0.15) is 0 Å². The molecule has 1 aromatic heterocycles. The minimum atomic E-state index is 0.0806. The summed E-state index contributed by atoms with van der Waals surface area (Å²) in [5.74, 6) is 0.0806. The van der Waals surface area contributed by atoms with E-state index in [1.807, 2.05) is 60.7 Å². The van der Waals surface area contributed by atoms with Crippen molar-refractivity contribution >= 4 is 33.9 Å². The van der Waals surface area contributed by atoms with Gasteiger partial charge in [-0.05, 0) is 50.2 Å². The highest BCUT2D eigenvalue weighted by atomic mass is 35.5. The lowest BCUT2D eigenvalue weighted by atomic mass is 10.0. The summed E-state index contributed by atoms with van der Waals surface area (Å²) in [7, 11) is 0. The van der Waals surface area contributed by atoms with Crippen molar-refractivity contribution in [2.45, 2.75) is 33.4 Å². The van der Waals surface area contributed by atoms with Crippen molar-refractivity contribution in [3.63, 3.8) is 0 Å². The van der Waals surface area contributed by atoms with Crippen molar-refractivity contribution in [3.8, 4) is 5.88 Å². The molecule has 0 amide bonds. The SMILES string of the molecule is CCN(Cc1ccc(N=C(c2ccccc2)c2c(O)[nH]c3cc(Cl)ccc23)cc1)C(C)C. The smallest absolute Gasteiger partial charge is 0.199 e. The van der Waals surface area contributed by atoms with Crippen molar-refractivity contribution in [2.24, 2.45) is 4.99 Å². The van der Waals surface area contributed by atoms with Gasteiger partial charge in [0.05, 0.1) is 22.5 Å². The Morgan fingerprint density at radius 1 is 1.03 bits per heavy atom. The molecule has 0 fully saturated rings. The summed E-state index contributed by atoms with van der Waals surface area (Å²) < 4.78 is 0. The van der Waals surface area contributed by atoms with E-state index in [0.717, 1.165) is 35.2 Å². The Labute approximate surface area is 194 Å². The Bertz CT molecular complexity index is 1230. The highest BCUT2D eigenvalue weighted by molar-refractivity contribution is 6.31. The number of hydrogen-bond acceptors (Lipinski definition) is 3. The molecule has 0 aliphatic carbocycles. The molecule has 0 aliphatic heterocycles. The fraction of sp³-hybridized carbons (Fsp3) is 0.222. The second-order valence-corrected chi connectivity index (χ2v) is 8.62. The zero-order chi connectivity index (χ0) is 22.7. The molecule has 0 unspecified atom stereocenters. The van der Waals surface area contributed by atoms with E-state index in [2.05, 4.69) is 42.8 Å². The summed E-state index contributed by atoms with van der Waals surface area (Å²) >= 11 is 6.15. The molecule has 32 heavy (non-hydrogen) atoms. The zero-order valence-electron chi connectivity index (χ0n) is 18.6. The van der Waals surface area contributed by atoms with Crippen LogP contribution in [0, 0.1) is 0 Å². The van der Waals surface area contributed by atoms with E-state index in [1.165, 1.54) is 5.56 Å². The van der Waals surface area contributed by atoms with Gasteiger partial charge >= 0.3 is 0 Å². The van der Waals surface area contributed by atoms with E-state index in [0.29, 0.717) is 22.3 Å². The fourth-order valence-electron chi connectivity index (χ4n) is 3.96. The van der Waals surface area contributed by atoms with Crippen LogP contribution < -0.4 is 0 Å². The van der Waals surface area contributed by atoms with Gasteiger partial charge in [0.25, 0.3) is 0 Å². The van der Waals surface area contributed by atoms with Crippen LogP contribution >= 0.6 is 11.6 Å². The van der Waals surface area contributed by atoms with E-state index >= 15 is 0 Å². The molecule has 0 spiro atoms. The standard InChI is InChI=1S/C27H28ClN3O/c1-4-31(18(2)3)17-19-10-13-22(14-11-19)29-26(20-8-6-5-7-9-20)25-23-15-12-21(28)16-24(23)30-27(25)32/h5-16,18,30,32H,4,17H2,1-3H3. The number of aromatic hydroxyl groups is 1. The van der Waals surface area contributed by atoms with Crippen LogP contribution in [-0.4, -0.2) is 33.3 Å². The number of nitrogens with zero attached hydrogens (tertiary/aromatic N) is 2. The maximum absolute atomic E-state index is 10.8. The van der Waals surface area contributed by atoms with Crippen LogP contribution in [-0.2, 0) is 6.54 Å². The Balaban J connectivity index is 1.77. The number of halogens is 1. The van der Waals surface area contributed by atoms with Crippen molar-refractivity contribution < 1.29 is 5.11 Å². The van der Waals surface area contributed by atoms with Crippen molar-refractivity contribution in [3.05, 3.63) is 94.5 Å². The molecule has 0 radical (unpaired) electrons. The van der Waals surface area contributed by atoms with Crippen LogP contribution in [0.3, 0.4) is 0 Å². The number of aromatic nitrogens is 1. The second-order valence-electron chi connectivity index (χ2n) is 8.19. The number of fused-ring (bicyclic) bond motifs is 1. The first-order valence-corrected chi connectivity index (χ1v) is 11.3. The molecule has 4 rings (SSSR count). The molecule has 0 saturated carbocycles. The number of aliphatic imine (C=N–C) groups is 1. The highest BCUT2D eigenvalue weighted by Gasteiger charge is 2.19. The number of rotatable bonds is 7. The minimum absolute atomic E-state index is 0.0806. The van der Waals surface area contributed by atoms with E-state index in [4.69, 9.17) is 16.6 Å². The molecule has 4 nitrogen and oxygen atoms in total. The van der Waals surface area contributed by atoms with Gasteiger partial charge < -0.3 is 10.1 Å². The molecule has 3 aromatic carbocycles. The first-order valence-electron chi connectivity index (χ1n) is 10.9. The van der Waals surface area contributed by atoms with Gasteiger partial charge in [0.2, 0.25) is 0 Å². The van der Waals surface area contributed by atoms with Crippen LogP contribution in [0.2, 0.25) is 5.02 Å². The summed E-state index contributed by atoms with van der Waals surface area (Å²) in [6.45, 7) is 8.54. The van der Waals surface area contributed by atoms with E-state index in [-0.39, 0.29) is 5.88 Å². The summed E-state index contributed by atoms with van der Waals surface area (Å²) in [4.78, 5) is 10.4. The van der Waals surface area contributed by atoms with E-state index < -0.39 is 0 Å². The van der Waals surface area contributed by atoms with Crippen LogP contribution in [0.1, 0.15) is 37.5 Å². The van der Waals surface area contributed by atoms with Gasteiger partial charge in [-0.1, -0.05) is 67.1 Å². The molecule has 5 heteroatoms. The van der Waals surface area contributed by atoms with Crippen LogP contribution in [0.15, 0.2) is 77.8 Å². The van der Waals surface area contributed by atoms with Gasteiger partial charge in [-0.3, -0.25) is 4.90 Å². The first-order chi connectivity index (χ1) is 15.5. The Morgan fingerprint density at radius 2 is 1.75 bits per heavy atom. The lowest BCUT2D eigenvalue weighted by Crippen LogP contribution is -2.29. The Hall–Kier alpha value is -3.08. The summed E-state index contributed by atoms with van der Waals surface area (Å²) in [6, 6.07) is 24.3. The third-order valence-corrected chi connectivity index (χ3v) is 5.96. The van der Waals surface area contributed by atoms with E-state index in [9.17, 15) is 5.11 Å². The predicted octanol–water partition coefficient (Wildman–Crippen LogP) is 6.93. The largest absolute Gasteiger partial charge is 0.494 e. The summed E-state index contributed by atoms with van der Waals surface area (Å²) in [5, 5.41) is 12.3. The number of H-pyrrole nitrogens is 1.